The van der Waals surface area contributed by atoms with Crippen LogP contribution in [0.3, 0.4) is 0 Å². The molecule has 0 atom stereocenters. The Hall–Kier alpha value is -2.12. The van der Waals surface area contributed by atoms with Crippen molar-refractivity contribution < 1.29 is 9.53 Å². The van der Waals surface area contributed by atoms with Gasteiger partial charge in [-0.15, -0.1) is 23.1 Å². The van der Waals surface area contributed by atoms with Gasteiger partial charge in [-0.25, -0.2) is 14.8 Å². The molecule has 0 spiro atoms. The van der Waals surface area contributed by atoms with Gasteiger partial charge in [0.05, 0.1) is 17.7 Å². The van der Waals surface area contributed by atoms with E-state index in [0.717, 1.165) is 40.3 Å². The molecule has 154 valence electrons. The van der Waals surface area contributed by atoms with Crippen molar-refractivity contribution in [2.24, 2.45) is 0 Å². The molecule has 5 nitrogen and oxygen atoms in total. The van der Waals surface area contributed by atoms with Gasteiger partial charge in [0, 0.05) is 10.9 Å². The molecular formula is C22H27N3O2S2. The lowest BCUT2D eigenvalue weighted by Gasteiger charge is -2.17. The number of rotatable bonds is 9. The molecule has 0 fully saturated rings. The summed E-state index contributed by atoms with van der Waals surface area (Å²) in [6.07, 6.45) is 2.01. The topological polar surface area (TPSA) is 64.1 Å². The second-order valence-electron chi connectivity index (χ2n) is 6.70. The number of thioether (sulfide) groups is 1. The number of carbonyl (C=O) groups is 1. The predicted molar refractivity (Wildman–Crippen MR) is 122 cm³/mol. The number of fused-ring (bicyclic) bond motifs is 1. The Balaban J connectivity index is 2.00. The summed E-state index contributed by atoms with van der Waals surface area (Å²) in [5, 5.41) is 4.51. The molecular weight excluding hydrogens is 402 g/mol. The van der Waals surface area contributed by atoms with E-state index in [9.17, 15) is 4.79 Å². The minimum atomic E-state index is -0.290. The Labute approximate surface area is 180 Å². The molecule has 0 aliphatic heterocycles. The first-order chi connectivity index (χ1) is 14.1. The third-order valence-corrected chi connectivity index (χ3v) is 6.91. The average Bonchev–Trinajstić information content (AvgIpc) is 3.08. The van der Waals surface area contributed by atoms with Crippen molar-refractivity contribution in [3.05, 3.63) is 46.6 Å². The van der Waals surface area contributed by atoms with Crippen molar-refractivity contribution in [1.82, 2.24) is 9.97 Å². The number of anilines is 1. The van der Waals surface area contributed by atoms with E-state index in [0.29, 0.717) is 23.3 Å². The summed E-state index contributed by atoms with van der Waals surface area (Å²) in [4.78, 5) is 24.6. The molecule has 3 aromatic rings. The maximum absolute atomic E-state index is 12.4. The number of nitrogens with one attached hydrogen (secondary N) is 1. The lowest BCUT2D eigenvalue weighted by atomic mass is 10.1. The van der Waals surface area contributed by atoms with Crippen LogP contribution in [0.4, 0.5) is 5.82 Å². The summed E-state index contributed by atoms with van der Waals surface area (Å²) < 4.78 is 5.24. The van der Waals surface area contributed by atoms with Crippen LogP contribution >= 0.6 is 23.1 Å². The standard InChI is InChI=1S/C22H27N3O2S2/c1-5-15(6-2)23-20-18-14(4)19(22(26)27-7-3)29-21(18)25-17(24-20)13-28-16-11-9-8-10-12-16/h8-12,15H,5-7,13H2,1-4H3,(H,23,24,25). The number of carbonyl (C=O) groups excluding carboxylic acids is 1. The highest BCUT2D eigenvalue weighted by atomic mass is 32.2. The van der Waals surface area contributed by atoms with E-state index in [1.807, 2.05) is 32.0 Å². The van der Waals surface area contributed by atoms with Crippen molar-refractivity contribution in [2.45, 2.75) is 57.2 Å². The Bertz CT molecular complexity index is 969. The van der Waals surface area contributed by atoms with Gasteiger partial charge in [-0.1, -0.05) is 32.0 Å². The van der Waals surface area contributed by atoms with E-state index in [1.165, 1.54) is 16.2 Å². The van der Waals surface area contributed by atoms with Crippen LogP contribution < -0.4 is 5.32 Å². The van der Waals surface area contributed by atoms with Crippen LogP contribution in [0.2, 0.25) is 0 Å². The van der Waals surface area contributed by atoms with E-state index in [2.05, 4.69) is 31.3 Å². The van der Waals surface area contributed by atoms with Crippen molar-refractivity contribution in [3.8, 4) is 0 Å². The summed E-state index contributed by atoms with van der Waals surface area (Å²) in [7, 11) is 0. The maximum atomic E-state index is 12.4. The van der Waals surface area contributed by atoms with Gasteiger partial charge in [-0.05, 0) is 44.4 Å². The molecule has 7 heteroatoms. The quantitative estimate of drug-likeness (QED) is 0.329. The summed E-state index contributed by atoms with van der Waals surface area (Å²) in [6, 6.07) is 10.6. The van der Waals surface area contributed by atoms with Crippen LogP contribution in [-0.4, -0.2) is 28.6 Å². The molecule has 0 aliphatic rings. The van der Waals surface area contributed by atoms with Gasteiger partial charge in [0.15, 0.2) is 0 Å². The molecule has 0 saturated carbocycles. The normalized spacial score (nSPS) is 11.2. The zero-order chi connectivity index (χ0) is 20.8. The molecule has 0 amide bonds. The number of nitrogens with zero attached hydrogens (tertiary/aromatic N) is 2. The second-order valence-corrected chi connectivity index (χ2v) is 8.75. The van der Waals surface area contributed by atoms with E-state index in [-0.39, 0.29) is 5.97 Å². The summed E-state index contributed by atoms with van der Waals surface area (Å²) in [5.74, 6) is 1.96. The van der Waals surface area contributed by atoms with Gasteiger partial charge in [0.25, 0.3) is 0 Å². The SMILES string of the molecule is CCOC(=O)c1sc2nc(CSc3ccccc3)nc(NC(CC)CC)c2c1C. The highest BCUT2D eigenvalue weighted by Gasteiger charge is 2.22. The Kier molecular flexibility index (Phi) is 7.50. The van der Waals surface area contributed by atoms with Crippen molar-refractivity contribution >= 4 is 45.1 Å². The number of hydrogen-bond acceptors (Lipinski definition) is 7. The van der Waals surface area contributed by atoms with E-state index in [4.69, 9.17) is 14.7 Å². The van der Waals surface area contributed by atoms with Crippen molar-refractivity contribution in [1.29, 1.82) is 0 Å². The molecule has 1 aromatic carbocycles. The summed E-state index contributed by atoms with van der Waals surface area (Å²) in [5.41, 5.74) is 0.888. The van der Waals surface area contributed by atoms with Crippen molar-refractivity contribution in [3.63, 3.8) is 0 Å². The number of ether oxygens (including phenoxy) is 1. The van der Waals surface area contributed by atoms with Crippen LogP contribution in [0, 0.1) is 6.92 Å². The van der Waals surface area contributed by atoms with Gasteiger partial charge in [-0.2, -0.15) is 0 Å². The zero-order valence-corrected chi connectivity index (χ0v) is 19.0. The highest BCUT2D eigenvalue weighted by molar-refractivity contribution is 7.98. The van der Waals surface area contributed by atoms with Gasteiger partial charge in [0.1, 0.15) is 21.3 Å². The maximum Gasteiger partial charge on any atom is 0.348 e. The van der Waals surface area contributed by atoms with E-state index >= 15 is 0 Å². The largest absolute Gasteiger partial charge is 0.462 e. The van der Waals surface area contributed by atoms with Crippen LogP contribution in [0.1, 0.15) is 54.7 Å². The third-order valence-electron chi connectivity index (χ3n) is 4.73. The molecule has 2 heterocycles. The number of esters is 1. The lowest BCUT2D eigenvalue weighted by Crippen LogP contribution is -2.18. The predicted octanol–water partition coefficient (Wildman–Crippen LogP) is 6.07. The first kappa shape index (κ1) is 21.6. The van der Waals surface area contributed by atoms with Gasteiger partial charge >= 0.3 is 5.97 Å². The third kappa shape index (κ3) is 5.08. The minimum Gasteiger partial charge on any atom is -0.462 e. The molecule has 1 N–H and O–H groups in total. The number of hydrogen-bond donors (Lipinski definition) is 1. The number of thiophene rings is 1. The van der Waals surface area contributed by atoms with Gasteiger partial charge < -0.3 is 10.1 Å². The zero-order valence-electron chi connectivity index (χ0n) is 17.3. The van der Waals surface area contributed by atoms with Gasteiger partial charge in [0.2, 0.25) is 0 Å². The number of aryl methyl sites for hydroxylation is 1. The minimum absolute atomic E-state index is 0.290. The molecule has 0 saturated heterocycles. The van der Waals surface area contributed by atoms with Crippen LogP contribution in [0.25, 0.3) is 10.2 Å². The Morgan fingerprint density at radius 3 is 2.55 bits per heavy atom. The van der Waals surface area contributed by atoms with Crippen LogP contribution in [0.15, 0.2) is 35.2 Å². The van der Waals surface area contributed by atoms with Crippen molar-refractivity contribution in [2.75, 3.05) is 11.9 Å². The smallest absolute Gasteiger partial charge is 0.348 e. The van der Waals surface area contributed by atoms with E-state index < -0.39 is 0 Å². The average molecular weight is 430 g/mol. The van der Waals surface area contributed by atoms with Crippen LogP contribution in [0.5, 0.6) is 0 Å². The fourth-order valence-electron chi connectivity index (χ4n) is 3.09. The molecule has 0 unspecified atom stereocenters. The summed E-state index contributed by atoms with van der Waals surface area (Å²) >= 11 is 3.10. The molecule has 0 aliphatic carbocycles. The molecule has 2 aromatic heterocycles. The second kappa shape index (κ2) is 10.1. The first-order valence-electron chi connectivity index (χ1n) is 9.98. The fraction of sp³-hybridized carbons (Fsp3) is 0.409. The lowest BCUT2D eigenvalue weighted by molar-refractivity contribution is 0.0531. The molecule has 29 heavy (non-hydrogen) atoms. The fourth-order valence-corrected chi connectivity index (χ4v) is 4.96. The molecule has 0 bridgehead atoms. The number of aromatic nitrogens is 2. The first-order valence-corrected chi connectivity index (χ1v) is 11.8. The highest BCUT2D eigenvalue weighted by Crippen LogP contribution is 2.35. The monoisotopic (exact) mass is 429 g/mol. The molecule has 3 rings (SSSR count). The van der Waals surface area contributed by atoms with E-state index in [1.54, 1.807) is 11.8 Å². The Morgan fingerprint density at radius 1 is 1.17 bits per heavy atom. The number of benzene rings is 1. The Morgan fingerprint density at radius 2 is 1.90 bits per heavy atom. The van der Waals surface area contributed by atoms with Crippen LogP contribution in [-0.2, 0) is 10.5 Å². The summed E-state index contributed by atoms with van der Waals surface area (Å²) in [6.45, 7) is 8.45. The molecule has 0 radical (unpaired) electrons. The van der Waals surface area contributed by atoms with Gasteiger partial charge in [-0.3, -0.25) is 0 Å².